The van der Waals surface area contributed by atoms with Gasteiger partial charge in [-0.2, -0.15) is 11.8 Å². The summed E-state index contributed by atoms with van der Waals surface area (Å²) >= 11 is 1.79. The number of hydrogen-bond donors (Lipinski definition) is 3. The fraction of sp³-hybridized carbons (Fsp3) is 0.429. The van der Waals surface area contributed by atoms with Gasteiger partial charge in [0.15, 0.2) is 5.96 Å². The van der Waals surface area contributed by atoms with E-state index in [0.717, 1.165) is 29.5 Å². The van der Waals surface area contributed by atoms with Crippen molar-refractivity contribution in [2.75, 3.05) is 30.9 Å². The first kappa shape index (κ1) is 20.0. The number of carbonyl (C=O) groups excluding carboxylic acids is 1. The molecule has 1 amide bonds. The summed E-state index contributed by atoms with van der Waals surface area (Å²) in [7, 11) is 1.75. The molecule has 0 unspecified atom stereocenters. The number of anilines is 1. The second-order valence-corrected chi connectivity index (χ2v) is 5.21. The first-order valence-electron chi connectivity index (χ1n) is 6.45. The number of halogens is 1. The number of hydrogen-bond acceptors (Lipinski definition) is 3. The maximum Gasteiger partial charge on any atom is 0.221 e. The highest BCUT2D eigenvalue weighted by atomic mass is 127. The summed E-state index contributed by atoms with van der Waals surface area (Å²) in [6, 6.07) is 7.75. The quantitative estimate of drug-likeness (QED) is 0.285. The molecule has 118 valence electrons. The van der Waals surface area contributed by atoms with Gasteiger partial charge in [-0.1, -0.05) is 12.1 Å². The maximum atomic E-state index is 11.0. The zero-order chi connectivity index (χ0) is 14.8. The predicted molar refractivity (Wildman–Crippen MR) is 103 cm³/mol. The summed E-state index contributed by atoms with van der Waals surface area (Å²) in [5, 5.41) is 9.25. The van der Waals surface area contributed by atoms with Crippen LogP contribution in [0.1, 0.15) is 12.5 Å². The third-order valence-corrected chi connectivity index (χ3v) is 3.14. The molecule has 0 aliphatic rings. The first-order chi connectivity index (χ1) is 9.65. The van der Waals surface area contributed by atoms with Crippen LogP contribution in [0.2, 0.25) is 0 Å². The Kier molecular flexibility index (Phi) is 11.1. The lowest BCUT2D eigenvalue weighted by atomic mass is 10.2. The Morgan fingerprint density at radius 1 is 1.33 bits per heavy atom. The number of nitrogens with one attached hydrogen (secondary N) is 3. The largest absolute Gasteiger partial charge is 0.356 e. The fourth-order valence-electron chi connectivity index (χ4n) is 1.64. The first-order valence-corrected chi connectivity index (χ1v) is 7.85. The molecule has 1 rings (SSSR count). The lowest BCUT2D eigenvalue weighted by Gasteiger charge is -2.12. The van der Waals surface area contributed by atoms with Crippen LogP contribution in [-0.4, -0.2) is 37.5 Å². The van der Waals surface area contributed by atoms with E-state index in [1.54, 1.807) is 18.8 Å². The summed E-state index contributed by atoms with van der Waals surface area (Å²) < 4.78 is 0. The molecular weight excluding hydrogens is 399 g/mol. The van der Waals surface area contributed by atoms with Crippen LogP contribution in [0.4, 0.5) is 5.69 Å². The van der Waals surface area contributed by atoms with Crippen molar-refractivity contribution < 1.29 is 4.79 Å². The van der Waals surface area contributed by atoms with Crippen LogP contribution in [0.25, 0.3) is 0 Å². The van der Waals surface area contributed by atoms with Gasteiger partial charge in [-0.15, -0.1) is 24.0 Å². The third kappa shape index (κ3) is 8.82. The van der Waals surface area contributed by atoms with E-state index in [1.807, 2.05) is 24.3 Å². The molecule has 0 spiro atoms. The van der Waals surface area contributed by atoms with Crippen LogP contribution in [0.3, 0.4) is 0 Å². The van der Waals surface area contributed by atoms with Crippen molar-refractivity contribution >= 4 is 53.3 Å². The van der Waals surface area contributed by atoms with Crippen LogP contribution in [0, 0.1) is 0 Å². The molecule has 0 aliphatic heterocycles. The van der Waals surface area contributed by atoms with Crippen LogP contribution in [0.15, 0.2) is 29.3 Å². The number of rotatable bonds is 6. The van der Waals surface area contributed by atoms with Crippen molar-refractivity contribution in [2.45, 2.75) is 13.5 Å². The van der Waals surface area contributed by atoms with Gasteiger partial charge in [0.1, 0.15) is 0 Å². The van der Waals surface area contributed by atoms with Crippen LogP contribution in [-0.2, 0) is 11.3 Å². The highest BCUT2D eigenvalue weighted by molar-refractivity contribution is 14.0. The third-order valence-electron chi connectivity index (χ3n) is 2.53. The molecule has 5 nitrogen and oxygen atoms in total. The summed E-state index contributed by atoms with van der Waals surface area (Å²) in [5.41, 5.74) is 1.89. The Hall–Kier alpha value is -0.960. The van der Waals surface area contributed by atoms with Gasteiger partial charge < -0.3 is 16.0 Å². The summed E-state index contributed by atoms with van der Waals surface area (Å²) in [6.07, 6.45) is 2.07. The summed E-state index contributed by atoms with van der Waals surface area (Å²) in [6.45, 7) is 3.04. The SMILES string of the molecule is CN=C(NCCSC)NCc1cccc(NC(C)=O)c1.I. The van der Waals surface area contributed by atoms with Crippen LogP contribution < -0.4 is 16.0 Å². The fourth-order valence-corrected chi connectivity index (χ4v) is 1.95. The molecule has 3 N–H and O–H groups in total. The highest BCUT2D eigenvalue weighted by Crippen LogP contribution is 2.10. The number of guanidine groups is 1. The van der Waals surface area contributed by atoms with Gasteiger partial charge >= 0.3 is 0 Å². The van der Waals surface area contributed by atoms with Crippen molar-refractivity contribution in [3.05, 3.63) is 29.8 Å². The predicted octanol–water partition coefficient (Wildman–Crippen LogP) is 2.29. The van der Waals surface area contributed by atoms with Crippen LogP contribution in [0.5, 0.6) is 0 Å². The zero-order valence-electron chi connectivity index (χ0n) is 12.6. The van der Waals surface area contributed by atoms with E-state index in [9.17, 15) is 4.79 Å². The molecule has 1 aromatic rings. The van der Waals surface area contributed by atoms with Crippen molar-refractivity contribution in [3.63, 3.8) is 0 Å². The van der Waals surface area contributed by atoms with Crippen molar-refractivity contribution in [3.8, 4) is 0 Å². The van der Waals surface area contributed by atoms with Crippen molar-refractivity contribution in [1.29, 1.82) is 0 Å². The van der Waals surface area contributed by atoms with Crippen LogP contribution >= 0.6 is 35.7 Å². The Balaban J connectivity index is 0.00000400. The van der Waals surface area contributed by atoms with Crippen molar-refractivity contribution in [2.24, 2.45) is 4.99 Å². The molecule has 0 fully saturated rings. The smallest absolute Gasteiger partial charge is 0.221 e. The van der Waals surface area contributed by atoms with E-state index in [2.05, 4.69) is 27.2 Å². The number of thioether (sulfide) groups is 1. The minimum atomic E-state index is -0.0651. The van der Waals surface area contributed by atoms with E-state index >= 15 is 0 Å². The van der Waals surface area contributed by atoms with Gasteiger partial charge in [0.2, 0.25) is 5.91 Å². The Bertz CT molecular complexity index is 468. The molecule has 0 atom stereocenters. The molecule has 0 saturated heterocycles. The van der Waals surface area contributed by atoms with Gasteiger partial charge in [0, 0.05) is 38.5 Å². The summed E-state index contributed by atoms with van der Waals surface area (Å²) in [4.78, 5) is 15.2. The maximum absolute atomic E-state index is 11.0. The molecule has 21 heavy (non-hydrogen) atoms. The van der Waals surface area contributed by atoms with E-state index in [4.69, 9.17) is 0 Å². The van der Waals surface area contributed by atoms with E-state index in [0.29, 0.717) is 6.54 Å². The second-order valence-electron chi connectivity index (χ2n) is 4.23. The monoisotopic (exact) mass is 422 g/mol. The number of benzene rings is 1. The molecule has 0 heterocycles. The summed E-state index contributed by atoms with van der Waals surface area (Å²) in [5.74, 6) is 1.76. The molecule has 0 radical (unpaired) electrons. The lowest BCUT2D eigenvalue weighted by Crippen LogP contribution is -2.37. The Morgan fingerprint density at radius 3 is 2.71 bits per heavy atom. The molecule has 0 bridgehead atoms. The van der Waals surface area contributed by atoms with E-state index in [-0.39, 0.29) is 29.9 Å². The Morgan fingerprint density at radius 2 is 2.10 bits per heavy atom. The molecule has 7 heteroatoms. The standard InChI is InChI=1S/C14H22N4OS.HI/c1-11(19)18-13-6-4-5-12(9-13)10-17-14(15-2)16-7-8-20-3;/h4-6,9H,7-8,10H2,1-3H3,(H,18,19)(H2,15,16,17);1H. The minimum Gasteiger partial charge on any atom is -0.356 e. The van der Waals surface area contributed by atoms with Gasteiger partial charge in [-0.25, -0.2) is 0 Å². The second kappa shape index (κ2) is 11.7. The number of carbonyl (C=O) groups is 1. The minimum absolute atomic E-state index is 0. The number of amides is 1. The molecule has 1 aromatic carbocycles. The highest BCUT2D eigenvalue weighted by Gasteiger charge is 2.00. The number of aliphatic imine (C=N–C) groups is 1. The molecule has 0 saturated carbocycles. The average molecular weight is 422 g/mol. The van der Waals surface area contributed by atoms with Gasteiger partial charge in [0.05, 0.1) is 0 Å². The van der Waals surface area contributed by atoms with Crippen molar-refractivity contribution in [1.82, 2.24) is 10.6 Å². The number of nitrogens with zero attached hydrogens (tertiary/aromatic N) is 1. The topological polar surface area (TPSA) is 65.5 Å². The van der Waals surface area contributed by atoms with E-state index < -0.39 is 0 Å². The molecular formula is C14H23IN4OS. The van der Waals surface area contributed by atoms with Gasteiger partial charge in [-0.05, 0) is 24.0 Å². The van der Waals surface area contributed by atoms with Gasteiger partial charge in [-0.3, -0.25) is 9.79 Å². The molecule has 0 aromatic heterocycles. The zero-order valence-corrected chi connectivity index (χ0v) is 15.7. The normalized spacial score (nSPS) is 10.5. The lowest BCUT2D eigenvalue weighted by molar-refractivity contribution is -0.114. The Labute approximate surface area is 147 Å². The van der Waals surface area contributed by atoms with Gasteiger partial charge in [0.25, 0.3) is 0 Å². The van der Waals surface area contributed by atoms with E-state index in [1.165, 1.54) is 6.92 Å². The average Bonchev–Trinajstić information content (AvgIpc) is 2.42. The molecule has 0 aliphatic carbocycles.